The molecule has 2 nitrogen and oxygen atoms in total. The van der Waals surface area contributed by atoms with Gasteiger partial charge in [0.2, 0.25) is 0 Å². The average Bonchev–Trinajstić information content (AvgIpc) is 2.65. The van der Waals surface area contributed by atoms with E-state index < -0.39 is 0 Å². The number of thioether (sulfide) groups is 1. The summed E-state index contributed by atoms with van der Waals surface area (Å²) in [4.78, 5) is 2.69. The lowest BCUT2D eigenvalue weighted by Gasteiger charge is -2.35. The maximum absolute atomic E-state index is 3.69. The van der Waals surface area contributed by atoms with Crippen LogP contribution in [0.3, 0.4) is 0 Å². The Morgan fingerprint density at radius 2 is 2.29 bits per heavy atom. The first-order chi connectivity index (χ1) is 6.90. The summed E-state index contributed by atoms with van der Waals surface area (Å²) in [6.07, 6.45) is 7.82. The van der Waals surface area contributed by atoms with Gasteiger partial charge in [0.1, 0.15) is 0 Å². The van der Waals surface area contributed by atoms with Gasteiger partial charge in [0, 0.05) is 24.4 Å². The van der Waals surface area contributed by atoms with E-state index in [1.165, 1.54) is 51.1 Å². The summed E-state index contributed by atoms with van der Waals surface area (Å²) in [7, 11) is 0. The van der Waals surface area contributed by atoms with Crippen molar-refractivity contribution in [2.45, 2.75) is 37.8 Å². The summed E-state index contributed by atoms with van der Waals surface area (Å²) in [6, 6.07) is 1.72. The molecule has 2 saturated heterocycles. The van der Waals surface area contributed by atoms with E-state index >= 15 is 0 Å². The van der Waals surface area contributed by atoms with E-state index in [1.807, 2.05) is 11.8 Å². The van der Waals surface area contributed by atoms with Crippen LogP contribution in [-0.4, -0.2) is 48.6 Å². The molecule has 2 unspecified atom stereocenters. The molecule has 0 spiro atoms. The van der Waals surface area contributed by atoms with Crippen molar-refractivity contribution in [2.75, 3.05) is 31.6 Å². The highest BCUT2D eigenvalue weighted by Gasteiger charge is 2.30. The average molecular weight is 214 g/mol. The van der Waals surface area contributed by atoms with Gasteiger partial charge in [-0.05, 0) is 45.0 Å². The molecule has 3 heteroatoms. The molecule has 2 rings (SSSR count). The molecule has 2 aliphatic heterocycles. The minimum absolute atomic E-state index is 0.807. The number of piperidine rings is 1. The number of nitrogens with one attached hydrogen (secondary N) is 1. The minimum atomic E-state index is 0.807. The number of nitrogens with zero attached hydrogens (tertiary/aromatic N) is 1. The van der Waals surface area contributed by atoms with Gasteiger partial charge in [0.05, 0.1) is 0 Å². The van der Waals surface area contributed by atoms with E-state index in [0.717, 1.165) is 12.1 Å². The van der Waals surface area contributed by atoms with Crippen molar-refractivity contribution in [1.29, 1.82) is 0 Å². The van der Waals surface area contributed by atoms with Crippen LogP contribution in [0.15, 0.2) is 0 Å². The van der Waals surface area contributed by atoms with Gasteiger partial charge in [-0.3, -0.25) is 0 Å². The van der Waals surface area contributed by atoms with Crippen LogP contribution in [0.1, 0.15) is 25.7 Å². The van der Waals surface area contributed by atoms with Crippen molar-refractivity contribution in [1.82, 2.24) is 10.2 Å². The van der Waals surface area contributed by atoms with Crippen molar-refractivity contribution in [3.8, 4) is 0 Å². The lowest BCUT2D eigenvalue weighted by molar-refractivity contribution is 0.168. The summed E-state index contributed by atoms with van der Waals surface area (Å²) in [5.74, 6) is 1.25. The van der Waals surface area contributed by atoms with Crippen LogP contribution in [0.4, 0.5) is 0 Å². The molecule has 2 atom stereocenters. The first-order valence-corrected chi connectivity index (χ1v) is 7.26. The molecular weight excluding hydrogens is 192 g/mol. The van der Waals surface area contributed by atoms with Crippen LogP contribution in [0.2, 0.25) is 0 Å². The Morgan fingerprint density at radius 3 is 3.14 bits per heavy atom. The van der Waals surface area contributed by atoms with Gasteiger partial charge < -0.3 is 10.2 Å². The van der Waals surface area contributed by atoms with E-state index in [-0.39, 0.29) is 0 Å². The lowest BCUT2D eigenvalue weighted by atomic mass is 9.98. The molecule has 0 radical (unpaired) electrons. The Bertz CT molecular complexity index is 175. The van der Waals surface area contributed by atoms with Crippen LogP contribution in [0, 0.1) is 0 Å². The second-order valence-electron chi connectivity index (χ2n) is 4.50. The van der Waals surface area contributed by atoms with Crippen LogP contribution in [-0.2, 0) is 0 Å². The summed E-state index contributed by atoms with van der Waals surface area (Å²) in [5, 5.41) is 3.69. The zero-order valence-electron chi connectivity index (χ0n) is 9.17. The zero-order valence-corrected chi connectivity index (χ0v) is 9.98. The third kappa shape index (κ3) is 2.65. The lowest BCUT2D eigenvalue weighted by Crippen LogP contribution is -2.46. The molecule has 0 aromatic rings. The van der Waals surface area contributed by atoms with E-state index in [0.29, 0.717) is 0 Å². The number of hydrogen-bond donors (Lipinski definition) is 1. The quantitative estimate of drug-likeness (QED) is 0.715. The fourth-order valence-electron chi connectivity index (χ4n) is 2.77. The fraction of sp³-hybridized carbons (Fsp3) is 1.00. The molecule has 1 N–H and O–H groups in total. The van der Waals surface area contributed by atoms with E-state index in [9.17, 15) is 0 Å². The van der Waals surface area contributed by atoms with Crippen molar-refractivity contribution >= 4 is 11.8 Å². The van der Waals surface area contributed by atoms with Crippen LogP contribution in [0.25, 0.3) is 0 Å². The Hall–Kier alpha value is 0.270. The first kappa shape index (κ1) is 10.8. The molecule has 0 bridgehead atoms. The highest BCUT2D eigenvalue weighted by Crippen LogP contribution is 2.26. The Morgan fingerprint density at radius 1 is 1.36 bits per heavy atom. The van der Waals surface area contributed by atoms with Crippen molar-refractivity contribution in [3.63, 3.8) is 0 Å². The highest BCUT2D eigenvalue weighted by atomic mass is 32.2. The van der Waals surface area contributed by atoms with Gasteiger partial charge in [0.15, 0.2) is 0 Å². The van der Waals surface area contributed by atoms with E-state index in [4.69, 9.17) is 0 Å². The van der Waals surface area contributed by atoms with Gasteiger partial charge in [-0.1, -0.05) is 0 Å². The number of rotatable bonds is 4. The Kier molecular flexibility index (Phi) is 4.14. The standard InChI is InChI=1S/C11H22N2S/c1-14-8-5-12-10-4-7-13-6-2-3-11(13)9-10/h10-12H,2-9H2,1H3. The van der Waals surface area contributed by atoms with Gasteiger partial charge in [-0.25, -0.2) is 0 Å². The number of fused-ring (bicyclic) bond motifs is 1. The molecule has 2 heterocycles. The van der Waals surface area contributed by atoms with E-state index in [2.05, 4.69) is 16.5 Å². The van der Waals surface area contributed by atoms with Gasteiger partial charge in [-0.2, -0.15) is 11.8 Å². The summed E-state index contributed by atoms with van der Waals surface area (Å²) < 4.78 is 0. The Labute approximate surface area is 91.8 Å². The van der Waals surface area contributed by atoms with Crippen molar-refractivity contribution < 1.29 is 0 Å². The van der Waals surface area contributed by atoms with Gasteiger partial charge >= 0.3 is 0 Å². The molecule has 14 heavy (non-hydrogen) atoms. The molecular formula is C11H22N2S. The smallest absolute Gasteiger partial charge is 0.0111 e. The molecule has 0 aromatic carbocycles. The van der Waals surface area contributed by atoms with Crippen LogP contribution < -0.4 is 5.32 Å². The number of hydrogen-bond acceptors (Lipinski definition) is 3. The summed E-state index contributed by atoms with van der Waals surface area (Å²) in [6.45, 7) is 3.89. The minimum Gasteiger partial charge on any atom is -0.313 e. The molecule has 0 aliphatic carbocycles. The van der Waals surface area contributed by atoms with Crippen LogP contribution in [0.5, 0.6) is 0 Å². The second kappa shape index (κ2) is 5.38. The third-order valence-electron chi connectivity index (χ3n) is 3.56. The maximum atomic E-state index is 3.69. The molecule has 2 fully saturated rings. The third-order valence-corrected chi connectivity index (χ3v) is 4.17. The molecule has 2 aliphatic rings. The second-order valence-corrected chi connectivity index (χ2v) is 5.49. The Balaban J connectivity index is 1.69. The molecule has 0 amide bonds. The van der Waals surface area contributed by atoms with Crippen LogP contribution >= 0.6 is 11.8 Å². The fourth-order valence-corrected chi connectivity index (χ4v) is 3.10. The predicted octanol–water partition coefficient (Wildman–Crippen LogP) is 1.57. The monoisotopic (exact) mass is 214 g/mol. The molecule has 0 saturated carbocycles. The molecule has 0 aromatic heterocycles. The first-order valence-electron chi connectivity index (χ1n) is 5.86. The van der Waals surface area contributed by atoms with Crippen molar-refractivity contribution in [2.24, 2.45) is 0 Å². The summed E-state index contributed by atoms with van der Waals surface area (Å²) in [5.41, 5.74) is 0. The largest absolute Gasteiger partial charge is 0.313 e. The van der Waals surface area contributed by atoms with Gasteiger partial charge in [0.25, 0.3) is 0 Å². The normalized spacial score (nSPS) is 33.2. The summed E-state index contributed by atoms with van der Waals surface area (Å²) >= 11 is 1.94. The van der Waals surface area contributed by atoms with Gasteiger partial charge in [-0.15, -0.1) is 0 Å². The van der Waals surface area contributed by atoms with Crippen molar-refractivity contribution in [3.05, 3.63) is 0 Å². The molecule has 82 valence electrons. The SMILES string of the molecule is CSCCNC1CCN2CCCC2C1. The highest BCUT2D eigenvalue weighted by molar-refractivity contribution is 7.98. The van der Waals surface area contributed by atoms with E-state index in [1.54, 1.807) is 0 Å². The zero-order chi connectivity index (χ0) is 9.80. The predicted molar refractivity (Wildman–Crippen MR) is 64.0 cm³/mol. The topological polar surface area (TPSA) is 15.3 Å². The maximum Gasteiger partial charge on any atom is 0.0111 e.